The van der Waals surface area contributed by atoms with Crippen molar-refractivity contribution in [2.75, 3.05) is 45.4 Å². The summed E-state index contributed by atoms with van der Waals surface area (Å²) in [4.78, 5) is 18.1. The Hall–Kier alpha value is -1.90. The van der Waals surface area contributed by atoms with Crippen molar-refractivity contribution < 1.29 is 24.1 Å². The molecule has 1 aromatic heterocycles. The number of nitrogens with one attached hydrogen (secondary N) is 1. The SMILES string of the molecule is COCCOc1ccc(NC(=O)N2C[C@H](CO)OC[C@@H]2C)cn1. The van der Waals surface area contributed by atoms with Gasteiger partial charge in [-0.25, -0.2) is 9.78 Å². The molecule has 128 valence electrons. The van der Waals surface area contributed by atoms with Crippen molar-refractivity contribution in [3.8, 4) is 5.88 Å². The van der Waals surface area contributed by atoms with Gasteiger partial charge < -0.3 is 29.5 Å². The van der Waals surface area contributed by atoms with E-state index in [1.807, 2.05) is 6.92 Å². The van der Waals surface area contributed by atoms with E-state index in [2.05, 4.69) is 10.3 Å². The summed E-state index contributed by atoms with van der Waals surface area (Å²) in [5, 5.41) is 12.0. The first-order valence-corrected chi connectivity index (χ1v) is 7.52. The summed E-state index contributed by atoms with van der Waals surface area (Å²) in [5.41, 5.74) is 0.577. The summed E-state index contributed by atoms with van der Waals surface area (Å²) in [6.07, 6.45) is 1.20. The quantitative estimate of drug-likeness (QED) is 0.749. The number of ether oxygens (including phenoxy) is 3. The van der Waals surface area contributed by atoms with Gasteiger partial charge in [0, 0.05) is 13.2 Å². The van der Waals surface area contributed by atoms with E-state index in [-0.39, 0.29) is 24.8 Å². The number of amides is 2. The lowest BCUT2D eigenvalue weighted by Gasteiger charge is -2.37. The number of aromatic nitrogens is 1. The smallest absolute Gasteiger partial charge is 0.322 e. The van der Waals surface area contributed by atoms with Crippen molar-refractivity contribution in [2.45, 2.75) is 19.1 Å². The van der Waals surface area contributed by atoms with Crippen LogP contribution in [0.2, 0.25) is 0 Å². The minimum atomic E-state index is -0.341. The minimum absolute atomic E-state index is 0.0533. The van der Waals surface area contributed by atoms with Crippen LogP contribution in [0.15, 0.2) is 18.3 Å². The Morgan fingerprint density at radius 1 is 1.52 bits per heavy atom. The van der Waals surface area contributed by atoms with E-state index < -0.39 is 0 Å². The summed E-state index contributed by atoms with van der Waals surface area (Å²) in [5.74, 6) is 0.472. The fraction of sp³-hybridized carbons (Fsp3) is 0.600. The molecule has 1 fully saturated rings. The molecule has 0 spiro atoms. The van der Waals surface area contributed by atoms with Gasteiger partial charge in [-0.3, -0.25) is 0 Å². The molecular weight excluding hydrogens is 302 g/mol. The third-order valence-electron chi connectivity index (χ3n) is 3.50. The molecule has 0 bridgehead atoms. The van der Waals surface area contributed by atoms with Crippen LogP contribution in [0.1, 0.15) is 6.92 Å². The van der Waals surface area contributed by atoms with Crippen LogP contribution in [-0.4, -0.2) is 73.2 Å². The summed E-state index contributed by atoms with van der Waals surface area (Å²) >= 11 is 0. The minimum Gasteiger partial charge on any atom is -0.475 e. The number of aliphatic hydroxyl groups excluding tert-OH is 1. The van der Waals surface area contributed by atoms with E-state index >= 15 is 0 Å². The summed E-state index contributed by atoms with van der Waals surface area (Å²) in [6, 6.07) is 3.11. The molecule has 2 heterocycles. The predicted octanol–water partition coefficient (Wildman–Crippen LogP) is 0.720. The number of morpholine rings is 1. The molecule has 23 heavy (non-hydrogen) atoms. The first-order valence-electron chi connectivity index (χ1n) is 7.52. The maximum Gasteiger partial charge on any atom is 0.322 e. The van der Waals surface area contributed by atoms with Crippen LogP contribution >= 0.6 is 0 Å². The van der Waals surface area contributed by atoms with E-state index in [1.54, 1.807) is 24.1 Å². The highest BCUT2D eigenvalue weighted by Crippen LogP contribution is 2.16. The van der Waals surface area contributed by atoms with E-state index in [9.17, 15) is 4.79 Å². The maximum atomic E-state index is 12.3. The first-order chi connectivity index (χ1) is 11.1. The number of aliphatic hydroxyl groups is 1. The van der Waals surface area contributed by atoms with Gasteiger partial charge in [0.25, 0.3) is 0 Å². The number of hydrogen-bond acceptors (Lipinski definition) is 6. The second kappa shape index (κ2) is 8.66. The number of methoxy groups -OCH3 is 1. The monoisotopic (exact) mass is 325 g/mol. The number of urea groups is 1. The molecule has 1 aliphatic heterocycles. The van der Waals surface area contributed by atoms with E-state index in [4.69, 9.17) is 19.3 Å². The molecule has 0 radical (unpaired) electrons. The van der Waals surface area contributed by atoms with Crippen molar-refractivity contribution in [3.63, 3.8) is 0 Å². The van der Waals surface area contributed by atoms with Crippen LogP contribution in [0, 0.1) is 0 Å². The van der Waals surface area contributed by atoms with Crippen LogP contribution in [0.25, 0.3) is 0 Å². The number of nitrogens with zero attached hydrogens (tertiary/aromatic N) is 2. The third-order valence-corrected chi connectivity index (χ3v) is 3.50. The molecule has 2 amide bonds. The normalized spacial score (nSPS) is 21.1. The number of carbonyl (C=O) groups is 1. The zero-order valence-electron chi connectivity index (χ0n) is 13.4. The van der Waals surface area contributed by atoms with Gasteiger partial charge in [-0.15, -0.1) is 0 Å². The fourth-order valence-corrected chi connectivity index (χ4v) is 2.18. The molecule has 0 aliphatic carbocycles. The number of rotatable bonds is 6. The lowest BCUT2D eigenvalue weighted by Crippen LogP contribution is -2.53. The molecule has 8 heteroatoms. The molecule has 0 saturated carbocycles. The zero-order valence-corrected chi connectivity index (χ0v) is 13.4. The topological polar surface area (TPSA) is 93.2 Å². The number of carbonyl (C=O) groups excluding carboxylic acids is 1. The molecule has 2 N–H and O–H groups in total. The molecule has 0 unspecified atom stereocenters. The van der Waals surface area contributed by atoms with Crippen LogP contribution < -0.4 is 10.1 Å². The van der Waals surface area contributed by atoms with Crippen LogP contribution in [0.4, 0.5) is 10.5 Å². The van der Waals surface area contributed by atoms with Crippen LogP contribution in [0.3, 0.4) is 0 Å². The second-order valence-electron chi connectivity index (χ2n) is 5.30. The summed E-state index contributed by atoms with van der Waals surface area (Å²) in [7, 11) is 1.60. The molecule has 0 aromatic carbocycles. The second-order valence-corrected chi connectivity index (χ2v) is 5.30. The highest BCUT2D eigenvalue weighted by Gasteiger charge is 2.29. The van der Waals surface area contributed by atoms with E-state index in [1.165, 1.54) is 6.20 Å². The van der Waals surface area contributed by atoms with Gasteiger partial charge in [0.05, 0.1) is 50.4 Å². The van der Waals surface area contributed by atoms with Crippen molar-refractivity contribution in [2.24, 2.45) is 0 Å². The van der Waals surface area contributed by atoms with Gasteiger partial charge in [0.15, 0.2) is 0 Å². The highest BCUT2D eigenvalue weighted by molar-refractivity contribution is 5.89. The Bertz CT molecular complexity index is 496. The van der Waals surface area contributed by atoms with Gasteiger partial charge in [0.2, 0.25) is 5.88 Å². The molecular formula is C15H23N3O5. The molecule has 1 saturated heterocycles. The Morgan fingerprint density at radius 3 is 3.00 bits per heavy atom. The third kappa shape index (κ3) is 5.05. The lowest BCUT2D eigenvalue weighted by atomic mass is 10.2. The Balaban J connectivity index is 1.89. The lowest BCUT2D eigenvalue weighted by molar-refractivity contribution is -0.0611. The average molecular weight is 325 g/mol. The number of anilines is 1. The zero-order chi connectivity index (χ0) is 16.7. The summed E-state index contributed by atoms with van der Waals surface area (Å²) in [6.45, 7) is 3.46. The summed E-state index contributed by atoms with van der Waals surface area (Å²) < 4.78 is 15.7. The van der Waals surface area contributed by atoms with Crippen molar-refractivity contribution in [3.05, 3.63) is 18.3 Å². The van der Waals surface area contributed by atoms with Crippen LogP contribution in [0.5, 0.6) is 5.88 Å². The van der Waals surface area contributed by atoms with Crippen LogP contribution in [-0.2, 0) is 9.47 Å². The van der Waals surface area contributed by atoms with Gasteiger partial charge in [-0.2, -0.15) is 0 Å². The molecule has 2 rings (SSSR count). The van der Waals surface area contributed by atoms with Gasteiger partial charge >= 0.3 is 6.03 Å². The van der Waals surface area contributed by atoms with Gasteiger partial charge in [-0.1, -0.05) is 0 Å². The fourth-order valence-electron chi connectivity index (χ4n) is 2.18. The van der Waals surface area contributed by atoms with Crippen molar-refractivity contribution >= 4 is 11.7 Å². The Morgan fingerprint density at radius 2 is 2.35 bits per heavy atom. The number of hydrogen-bond donors (Lipinski definition) is 2. The molecule has 1 aliphatic rings. The Kier molecular flexibility index (Phi) is 6.57. The highest BCUT2D eigenvalue weighted by atomic mass is 16.5. The Labute approximate surface area is 135 Å². The molecule has 1 aromatic rings. The first kappa shape index (κ1) is 17.5. The van der Waals surface area contributed by atoms with Crippen molar-refractivity contribution in [1.82, 2.24) is 9.88 Å². The van der Waals surface area contributed by atoms with Gasteiger partial charge in [-0.05, 0) is 13.0 Å². The molecule has 8 nitrogen and oxygen atoms in total. The van der Waals surface area contributed by atoms with Crippen molar-refractivity contribution in [1.29, 1.82) is 0 Å². The van der Waals surface area contributed by atoms with E-state index in [0.717, 1.165) is 0 Å². The maximum absolute atomic E-state index is 12.3. The van der Waals surface area contributed by atoms with E-state index in [0.29, 0.717) is 37.9 Å². The largest absolute Gasteiger partial charge is 0.475 e. The number of pyridine rings is 1. The standard InChI is InChI=1S/C15H23N3O5/c1-11-10-23-13(9-19)8-18(11)15(20)17-12-3-4-14(16-7-12)22-6-5-21-2/h3-4,7,11,13,19H,5-6,8-10H2,1-2H3,(H,17,20)/t11-,13+/m0/s1. The molecule has 2 atom stereocenters. The van der Waals surface area contributed by atoms with Gasteiger partial charge in [0.1, 0.15) is 6.61 Å². The average Bonchev–Trinajstić information content (AvgIpc) is 2.57. The predicted molar refractivity (Wildman–Crippen MR) is 83.6 cm³/mol.